The van der Waals surface area contributed by atoms with Crippen LogP contribution in [0.25, 0.3) is 0 Å². The van der Waals surface area contributed by atoms with Crippen LogP contribution in [-0.2, 0) is 19.1 Å². The Kier molecular flexibility index (Phi) is 1.66. The number of carbonyl (C=O) groups is 3. The molecule has 5 nitrogen and oxygen atoms in total. The Morgan fingerprint density at radius 1 is 1.60 bits per heavy atom. The summed E-state index contributed by atoms with van der Waals surface area (Å²) in [6, 6.07) is -0.773. The maximum atomic E-state index is 10.5. The van der Waals surface area contributed by atoms with Gasteiger partial charge in [-0.05, 0) is 0 Å². The van der Waals surface area contributed by atoms with E-state index in [1.165, 1.54) is 0 Å². The zero-order chi connectivity index (χ0) is 7.56. The predicted octanol–water partition coefficient (Wildman–Crippen LogP) is -1.43. The Morgan fingerprint density at radius 2 is 2.30 bits per heavy atom. The second kappa shape index (κ2) is 2.47. The van der Waals surface area contributed by atoms with E-state index in [0.29, 0.717) is 6.41 Å². The molecule has 1 N–H and O–H groups in total. The average Bonchev–Trinajstić information content (AvgIpc) is 2.13. The highest BCUT2D eigenvalue weighted by atomic mass is 16.6. The SMILES string of the molecule is O=CN[C@H]1CC(=O)OC1=O. The van der Waals surface area contributed by atoms with Crippen molar-refractivity contribution in [1.82, 2.24) is 5.32 Å². The maximum absolute atomic E-state index is 10.5. The first-order chi connectivity index (χ1) is 4.74. The van der Waals surface area contributed by atoms with Crippen LogP contribution in [0, 0.1) is 0 Å². The highest BCUT2D eigenvalue weighted by molar-refractivity contribution is 5.97. The number of hydrogen-bond donors (Lipinski definition) is 1. The molecular formula is C5H5NO4. The van der Waals surface area contributed by atoms with E-state index in [1.807, 2.05) is 0 Å². The van der Waals surface area contributed by atoms with E-state index in [0.717, 1.165) is 0 Å². The van der Waals surface area contributed by atoms with Gasteiger partial charge in [0.1, 0.15) is 6.04 Å². The molecule has 1 saturated heterocycles. The second-order valence-electron chi connectivity index (χ2n) is 1.83. The number of rotatable bonds is 2. The number of carbonyl (C=O) groups excluding carboxylic acids is 3. The fourth-order valence-corrected chi connectivity index (χ4v) is 0.684. The van der Waals surface area contributed by atoms with Crippen molar-refractivity contribution >= 4 is 18.3 Å². The summed E-state index contributed by atoms with van der Waals surface area (Å²) in [5.41, 5.74) is 0. The molecule has 0 aromatic carbocycles. The van der Waals surface area contributed by atoms with Gasteiger partial charge in [-0.3, -0.25) is 9.59 Å². The van der Waals surface area contributed by atoms with Gasteiger partial charge >= 0.3 is 11.9 Å². The molecule has 0 bridgehead atoms. The number of nitrogens with one attached hydrogen (secondary N) is 1. The van der Waals surface area contributed by atoms with Gasteiger partial charge in [-0.2, -0.15) is 0 Å². The van der Waals surface area contributed by atoms with Crippen LogP contribution in [-0.4, -0.2) is 24.4 Å². The van der Waals surface area contributed by atoms with Gasteiger partial charge in [0.2, 0.25) is 6.41 Å². The number of cyclic esters (lactones) is 2. The highest BCUT2D eigenvalue weighted by Crippen LogP contribution is 2.06. The predicted molar refractivity (Wildman–Crippen MR) is 28.7 cm³/mol. The third kappa shape index (κ3) is 1.12. The summed E-state index contributed by atoms with van der Waals surface area (Å²) in [5.74, 6) is -1.28. The van der Waals surface area contributed by atoms with Gasteiger partial charge in [0.15, 0.2) is 0 Å². The fraction of sp³-hybridized carbons (Fsp3) is 0.400. The summed E-state index contributed by atoms with van der Waals surface area (Å²) in [7, 11) is 0. The molecule has 0 aromatic heterocycles. The van der Waals surface area contributed by atoms with Crippen molar-refractivity contribution in [2.75, 3.05) is 0 Å². The van der Waals surface area contributed by atoms with Crippen molar-refractivity contribution in [3.8, 4) is 0 Å². The summed E-state index contributed by atoms with van der Waals surface area (Å²) < 4.78 is 4.13. The monoisotopic (exact) mass is 143 g/mol. The molecular weight excluding hydrogens is 138 g/mol. The topological polar surface area (TPSA) is 72.5 Å². The minimum atomic E-state index is -0.773. The van der Waals surface area contributed by atoms with Crippen LogP contribution in [0.5, 0.6) is 0 Å². The number of ether oxygens (including phenoxy) is 1. The standard InChI is InChI=1S/C5H5NO4/c7-2-6-3-1-4(8)10-5(3)9/h2-3H,1H2,(H,6,7)/t3-/m0/s1. The van der Waals surface area contributed by atoms with Gasteiger partial charge < -0.3 is 10.1 Å². The van der Waals surface area contributed by atoms with Crippen LogP contribution in [0.15, 0.2) is 0 Å². The van der Waals surface area contributed by atoms with E-state index >= 15 is 0 Å². The zero-order valence-electron chi connectivity index (χ0n) is 4.99. The largest absolute Gasteiger partial charge is 0.392 e. The lowest BCUT2D eigenvalue weighted by Gasteiger charge is -1.98. The minimum absolute atomic E-state index is 0.0580. The Labute approximate surface area is 56.3 Å². The molecule has 0 unspecified atom stereocenters. The second-order valence-corrected chi connectivity index (χ2v) is 1.83. The van der Waals surface area contributed by atoms with Gasteiger partial charge in [-0.25, -0.2) is 4.79 Å². The lowest BCUT2D eigenvalue weighted by atomic mass is 10.2. The first-order valence-electron chi connectivity index (χ1n) is 2.68. The molecule has 1 aliphatic rings. The Hall–Kier alpha value is -1.39. The molecule has 10 heavy (non-hydrogen) atoms. The summed E-state index contributed by atoms with van der Waals surface area (Å²) in [4.78, 5) is 30.6. The van der Waals surface area contributed by atoms with Crippen LogP contribution in [0.4, 0.5) is 0 Å². The molecule has 1 rings (SSSR count). The molecule has 0 saturated carbocycles. The number of hydrogen-bond acceptors (Lipinski definition) is 4. The Morgan fingerprint density at radius 3 is 2.70 bits per heavy atom. The normalized spacial score (nSPS) is 24.2. The van der Waals surface area contributed by atoms with Gasteiger partial charge in [-0.1, -0.05) is 0 Å². The van der Waals surface area contributed by atoms with Crippen LogP contribution >= 0.6 is 0 Å². The molecule has 5 heteroatoms. The van der Waals surface area contributed by atoms with Crippen LogP contribution < -0.4 is 5.32 Å². The average molecular weight is 143 g/mol. The molecule has 0 radical (unpaired) electrons. The first-order valence-corrected chi connectivity index (χ1v) is 2.68. The van der Waals surface area contributed by atoms with Gasteiger partial charge in [0, 0.05) is 0 Å². The molecule has 1 fully saturated rings. The van der Waals surface area contributed by atoms with E-state index in [-0.39, 0.29) is 6.42 Å². The lowest BCUT2D eigenvalue weighted by Crippen LogP contribution is -2.31. The van der Waals surface area contributed by atoms with E-state index in [1.54, 1.807) is 0 Å². The first kappa shape index (κ1) is 6.73. The van der Waals surface area contributed by atoms with E-state index < -0.39 is 18.0 Å². The van der Waals surface area contributed by atoms with Gasteiger partial charge in [-0.15, -0.1) is 0 Å². The fourth-order valence-electron chi connectivity index (χ4n) is 0.684. The van der Waals surface area contributed by atoms with E-state index in [2.05, 4.69) is 10.1 Å². The zero-order valence-corrected chi connectivity index (χ0v) is 4.99. The van der Waals surface area contributed by atoms with E-state index in [9.17, 15) is 14.4 Å². The number of esters is 2. The Bertz CT molecular complexity index is 188. The molecule has 0 aliphatic carbocycles. The highest BCUT2D eigenvalue weighted by Gasteiger charge is 2.32. The molecule has 1 aliphatic heterocycles. The number of amides is 1. The summed E-state index contributed by atoms with van der Waals surface area (Å²) in [5, 5.41) is 2.15. The minimum Gasteiger partial charge on any atom is -0.392 e. The third-order valence-electron chi connectivity index (χ3n) is 1.14. The van der Waals surface area contributed by atoms with E-state index in [4.69, 9.17) is 0 Å². The summed E-state index contributed by atoms with van der Waals surface area (Å²) in [6.45, 7) is 0. The van der Waals surface area contributed by atoms with Crippen LogP contribution in [0.1, 0.15) is 6.42 Å². The molecule has 1 heterocycles. The molecule has 0 spiro atoms. The molecule has 54 valence electrons. The van der Waals surface area contributed by atoms with Crippen molar-refractivity contribution in [3.05, 3.63) is 0 Å². The summed E-state index contributed by atoms with van der Waals surface area (Å²) in [6.07, 6.45) is 0.308. The smallest absolute Gasteiger partial charge is 0.336 e. The van der Waals surface area contributed by atoms with Gasteiger partial charge in [0.25, 0.3) is 0 Å². The van der Waals surface area contributed by atoms with Crippen LogP contribution in [0.3, 0.4) is 0 Å². The van der Waals surface area contributed by atoms with Crippen molar-refractivity contribution in [2.24, 2.45) is 0 Å². The molecule has 0 aromatic rings. The third-order valence-corrected chi connectivity index (χ3v) is 1.14. The summed E-state index contributed by atoms with van der Waals surface area (Å²) >= 11 is 0. The van der Waals surface area contributed by atoms with Gasteiger partial charge in [0.05, 0.1) is 6.42 Å². The quantitative estimate of drug-likeness (QED) is 0.292. The maximum Gasteiger partial charge on any atom is 0.336 e. The van der Waals surface area contributed by atoms with Crippen molar-refractivity contribution in [1.29, 1.82) is 0 Å². The van der Waals surface area contributed by atoms with Crippen molar-refractivity contribution < 1.29 is 19.1 Å². The Balaban J connectivity index is 2.54. The lowest BCUT2D eigenvalue weighted by molar-refractivity contribution is -0.152. The molecule has 1 amide bonds. The van der Waals surface area contributed by atoms with Crippen LogP contribution in [0.2, 0.25) is 0 Å². The molecule has 1 atom stereocenters. The van der Waals surface area contributed by atoms with Crippen molar-refractivity contribution in [3.63, 3.8) is 0 Å². The van der Waals surface area contributed by atoms with Crippen molar-refractivity contribution in [2.45, 2.75) is 12.5 Å².